The molecule has 0 unspecified atom stereocenters. The number of nitrogens with one attached hydrogen (secondary N) is 2. The van der Waals surface area contributed by atoms with Crippen LogP contribution < -0.4 is 15.5 Å². The van der Waals surface area contributed by atoms with Crippen molar-refractivity contribution in [1.82, 2.24) is 10.7 Å². The van der Waals surface area contributed by atoms with E-state index in [1.807, 2.05) is 31.2 Å². The minimum atomic E-state index is -0.265. The molecule has 0 saturated carbocycles. The van der Waals surface area contributed by atoms with Crippen molar-refractivity contribution < 1.29 is 9.13 Å². The van der Waals surface area contributed by atoms with Gasteiger partial charge in [-0.2, -0.15) is 5.10 Å². The van der Waals surface area contributed by atoms with E-state index < -0.39 is 0 Å². The van der Waals surface area contributed by atoms with E-state index in [-0.39, 0.29) is 12.4 Å². The summed E-state index contributed by atoms with van der Waals surface area (Å²) < 4.78 is 19.1. The molecule has 0 aliphatic carbocycles. The van der Waals surface area contributed by atoms with Crippen LogP contribution in [-0.4, -0.2) is 17.9 Å². The molecule has 0 bridgehead atoms. The number of halogens is 1. The summed E-state index contributed by atoms with van der Waals surface area (Å²) in [6.45, 7) is 2.89. The maximum Gasteiger partial charge on any atom is 0.186 e. The second kappa shape index (κ2) is 8.85. The standard InChI is InChI=1S/C17H18FN3OS/c1-2-19-17(23)21-20-11-13-7-9-15(10-8-13)22-12-14-5-3-4-6-16(14)18/h3-11H,2,12H2,1H3,(H2,19,21,23)/b20-11+. The van der Waals surface area contributed by atoms with Gasteiger partial charge in [0.2, 0.25) is 0 Å². The van der Waals surface area contributed by atoms with Crippen LogP contribution in [0.3, 0.4) is 0 Å². The third-order valence-electron chi connectivity index (χ3n) is 2.95. The Morgan fingerprint density at radius 3 is 2.65 bits per heavy atom. The molecule has 120 valence electrons. The molecule has 0 heterocycles. The van der Waals surface area contributed by atoms with E-state index in [9.17, 15) is 4.39 Å². The van der Waals surface area contributed by atoms with Gasteiger partial charge >= 0.3 is 0 Å². The maximum absolute atomic E-state index is 13.5. The second-order valence-corrected chi connectivity index (χ2v) is 5.09. The van der Waals surface area contributed by atoms with Crippen LogP contribution in [-0.2, 0) is 6.61 Å². The van der Waals surface area contributed by atoms with Gasteiger partial charge in [-0.15, -0.1) is 0 Å². The lowest BCUT2D eigenvalue weighted by atomic mass is 10.2. The first-order valence-corrected chi connectivity index (χ1v) is 7.63. The first-order chi connectivity index (χ1) is 11.2. The summed E-state index contributed by atoms with van der Waals surface area (Å²) in [6.07, 6.45) is 1.66. The van der Waals surface area contributed by atoms with Gasteiger partial charge in [0, 0.05) is 12.1 Å². The van der Waals surface area contributed by atoms with Crippen molar-refractivity contribution in [2.24, 2.45) is 5.10 Å². The molecule has 2 N–H and O–H groups in total. The molecule has 23 heavy (non-hydrogen) atoms. The fourth-order valence-electron chi connectivity index (χ4n) is 1.79. The zero-order valence-electron chi connectivity index (χ0n) is 12.8. The van der Waals surface area contributed by atoms with Crippen LogP contribution in [0.4, 0.5) is 4.39 Å². The summed E-state index contributed by atoms with van der Waals surface area (Å²) in [6, 6.07) is 13.9. The number of hydrogen-bond donors (Lipinski definition) is 2. The van der Waals surface area contributed by atoms with E-state index in [4.69, 9.17) is 17.0 Å². The molecule has 6 heteroatoms. The minimum Gasteiger partial charge on any atom is -0.489 e. The Hall–Kier alpha value is -2.47. The smallest absolute Gasteiger partial charge is 0.186 e. The Labute approximate surface area is 140 Å². The highest BCUT2D eigenvalue weighted by Crippen LogP contribution is 2.15. The van der Waals surface area contributed by atoms with Crippen molar-refractivity contribution >= 4 is 23.5 Å². The van der Waals surface area contributed by atoms with Crippen LogP contribution in [0.25, 0.3) is 0 Å². The van der Waals surface area contributed by atoms with Crippen LogP contribution >= 0.6 is 12.2 Å². The Bertz CT molecular complexity index is 674. The molecule has 0 saturated heterocycles. The van der Waals surface area contributed by atoms with E-state index in [2.05, 4.69) is 15.8 Å². The van der Waals surface area contributed by atoms with E-state index in [1.54, 1.807) is 24.4 Å². The summed E-state index contributed by atoms with van der Waals surface area (Å²) >= 11 is 4.99. The van der Waals surface area contributed by atoms with Gasteiger partial charge in [-0.3, -0.25) is 5.43 Å². The molecule has 0 aliphatic heterocycles. The Balaban J connectivity index is 1.86. The Kier molecular flexibility index (Phi) is 6.50. The third kappa shape index (κ3) is 5.67. The predicted octanol–water partition coefficient (Wildman–Crippen LogP) is 3.22. The molecule has 2 rings (SSSR count). The van der Waals surface area contributed by atoms with Crippen LogP contribution in [0.5, 0.6) is 5.75 Å². The molecule has 2 aromatic rings. The molecule has 4 nitrogen and oxygen atoms in total. The highest BCUT2D eigenvalue weighted by atomic mass is 32.1. The minimum absolute atomic E-state index is 0.193. The van der Waals surface area contributed by atoms with Crippen molar-refractivity contribution in [3.05, 3.63) is 65.5 Å². The van der Waals surface area contributed by atoms with E-state index >= 15 is 0 Å². The van der Waals surface area contributed by atoms with Gasteiger partial charge in [0.1, 0.15) is 18.2 Å². The number of hydrogen-bond acceptors (Lipinski definition) is 3. The van der Waals surface area contributed by atoms with E-state index in [0.717, 1.165) is 12.1 Å². The van der Waals surface area contributed by atoms with Crippen LogP contribution in [0.2, 0.25) is 0 Å². The average molecular weight is 331 g/mol. The quantitative estimate of drug-likeness (QED) is 0.485. The molecular weight excluding hydrogens is 313 g/mol. The number of benzene rings is 2. The number of ether oxygens (including phenoxy) is 1. The van der Waals surface area contributed by atoms with Gasteiger partial charge in [0.25, 0.3) is 0 Å². The highest BCUT2D eigenvalue weighted by Gasteiger charge is 2.01. The number of thiocarbonyl (C=S) groups is 1. The van der Waals surface area contributed by atoms with Gasteiger partial charge < -0.3 is 10.1 Å². The molecule has 2 aromatic carbocycles. The maximum atomic E-state index is 13.5. The normalized spacial score (nSPS) is 10.5. The van der Waals surface area contributed by atoms with E-state index in [0.29, 0.717) is 16.4 Å². The van der Waals surface area contributed by atoms with Crippen molar-refractivity contribution in [3.8, 4) is 5.75 Å². The lowest BCUT2D eigenvalue weighted by Gasteiger charge is -2.07. The van der Waals surface area contributed by atoms with Gasteiger partial charge in [-0.25, -0.2) is 4.39 Å². The van der Waals surface area contributed by atoms with Crippen molar-refractivity contribution in [3.63, 3.8) is 0 Å². The second-order valence-electron chi connectivity index (χ2n) is 4.68. The predicted molar refractivity (Wildman–Crippen MR) is 94.2 cm³/mol. The summed E-state index contributed by atoms with van der Waals surface area (Å²) in [5, 5.41) is 7.44. The number of hydrazone groups is 1. The van der Waals surface area contributed by atoms with Gasteiger partial charge in [0.15, 0.2) is 5.11 Å². The molecule has 0 fully saturated rings. The lowest BCUT2D eigenvalue weighted by molar-refractivity contribution is 0.300. The summed E-state index contributed by atoms with van der Waals surface area (Å²) in [5.41, 5.74) is 4.14. The SMILES string of the molecule is CCNC(=S)N/N=C/c1ccc(OCc2ccccc2F)cc1. The molecule has 0 aliphatic rings. The van der Waals surface area contributed by atoms with Crippen molar-refractivity contribution in [2.45, 2.75) is 13.5 Å². The monoisotopic (exact) mass is 331 g/mol. The molecule has 0 radical (unpaired) electrons. The third-order valence-corrected chi connectivity index (χ3v) is 3.18. The summed E-state index contributed by atoms with van der Waals surface area (Å²) in [5.74, 6) is 0.403. The van der Waals surface area contributed by atoms with Gasteiger partial charge in [-0.05, 0) is 55.0 Å². The topological polar surface area (TPSA) is 45.7 Å². The van der Waals surface area contributed by atoms with Crippen molar-refractivity contribution in [1.29, 1.82) is 0 Å². The molecule has 0 atom stereocenters. The van der Waals surface area contributed by atoms with E-state index in [1.165, 1.54) is 6.07 Å². The average Bonchev–Trinajstić information content (AvgIpc) is 2.56. The largest absolute Gasteiger partial charge is 0.489 e. The molecule has 0 aromatic heterocycles. The Morgan fingerprint density at radius 1 is 1.22 bits per heavy atom. The number of nitrogens with zero attached hydrogens (tertiary/aromatic N) is 1. The van der Waals surface area contributed by atoms with Crippen LogP contribution in [0.1, 0.15) is 18.1 Å². The van der Waals surface area contributed by atoms with Crippen LogP contribution in [0.15, 0.2) is 53.6 Å². The van der Waals surface area contributed by atoms with Crippen molar-refractivity contribution in [2.75, 3.05) is 6.54 Å². The zero-order chi connectivity index (χ0) is 16.5. The molecule has 0 amide bonds. The summed E-state index contributed by atoms with van der Waals surface area (Å²) in [4.78, 5) is 0. The fourth-order valence-corrected chi connectivity index (χ4v) is 1.99. The Morgan fingerprint density at radius 2 is 1.96 bits per heavy atom. The fraction of sp³-hybridized carbons (Fsp3) is 0.176. The van der Waals surface area contributed by atoms with Crippen LogP contribution in [0, 0.1) is 5.82 Å². The molecule has 0 spiro atoms. The zero-order valence-corrected chi connectivity index (χ0v) is 13.6. The highest BCUT2D eigenvalue weighted by molar-refractivity contribution is 7.80. The number of rotatable bonds is 6. The first kappa shape index (κ1) is 16.9. The lowest BCUT2D eigenvalue weighted by Crippen LogP contribution is -2.31. The summed E-state index contributed by atoms with van der Waals surface area (Å²) in [7, 11) is 0. The molecular formula is C17H18FN3OS. The first-order valence-electron chi connectivity index (χ1n) is 7.22. The van der Waals surface area contributed by atoms with Gasteiger partial charge in [-0.1, -0.05) is 18.2 Å². The van der Waals surface area contributed by atoms with Gasteiger partial charge in [0.05, 0.1) is 6.21 Å².